The van der Waals surface area contributed by atoms with Gasteiger partial charge < -0.3 is 4.74 Å². The Kier molecular flexibility index (Phi) is 4.14. The highest BCUT2D eigenvalue weighted by Crippen LogP contribution is 2.53. The summed E-state index contributed by atoms with van der Waals surface area (Å²) in [6.45, 7) is 12.1. The van der Waals surface area contributed by atoms with Gasteiger partial charge in [0, 0.05) is 18.6 Å². The van der Waals surface area contributed by atoms with E-state index in [9.17, 15) is 0 Å². The van der Waals surface area contributed by atoms with Crippen molar-refractivity contribution in [3.8, 4) is 0 Å². The second kappa shape index (κ2) is 5.27. The van der Waals surface area contributed by atoms with Gasteiger partial charge in [-0.15, -0.1) is 0 Å². The zero-order chi connectivity index (χ0) is 12.5. The number of ether oxygens (including phenoxy) is 1. The van der Waals surface area contributed by atoms with E-state index in [2.05, 4.69) is 18.7 Å². The largest absolute Gasteiger partial charge is 0.378 e. The highest BCUT2D eigenvalue weighted by molar-refractivity contribution is 5.03. The third-order valence-corrected chi connectivity index (χ3v) is 4.42. The first-order valence-electron chi connectivity index (χ1n) is 7.52. The van der Waals surface area contributed by atoms with E-state index in [0.29, 0.717) is 5.41 Å². The highest BCUT2D eigenvalue weighted by Gasteiger charge is 2.50. The average molecular weight is 239 g/mol. The molecule has 0 aromatic rings. The van der Waals surface area contributed by atoms with Gasteiger partial charge in [-0.05, 0) is 37.0 Å². The molecule has 0 amide bonds. The average Bonchev–Trinajstić information content (AvgIpc) is 3.09. The molecule has 1 saturated carbocycles. The van der Waals surface area contributed by atoms with Crippen LogP contribution < -0.4 is 0 Å². The summed E-state index contributed by atoms with van der Waals surface area (Å²) >= 11 is 0. The molecule has 1 aliphatic carbocycles. The normalized spacial score (nSPS) is 33.7. The van der Waals surface area contributed by atoms with Crippen LogP contribution in [0, 0.1) is 11.3 Å². The van der Waals surface area contributed by atoms with Crippen molar-refractivity contribution < 1.29 is 4.74 Å². The third kappa shape index (κ3) is 2.85. The standard InChI is InChI=1S/C13H23NO.C2H6/c1-10(2)6-13(3-4-13)9-14-11-5-12(14)8-15-7-11;1-2/h10-12H,3-9H2,1-2H3;1-2H3. The first-order valence-corrected chi connectivity index (χ1v) is 7.52. The molecule has 0 aromatic heterocycles. The molecule has 17 heavy (non-hydrogen) atoms. The first kappa shape index (κ1) is 13.4. The molecule has 0 aromatic carbocycles. The first-order chi connectivity index (χ1) is 8.19. The predicted molar refractivity (Wildman–Crippen MR) is 72.2 cm³/mol. The minimum atomic E-state index is 0.711. The fourth-order valence-corrected chi connectivity index (χ4v) is 3.53. The summed E-state index contributed by atoms with van der Waals surface area (Å²) in [7, 11) is 0. The second-order valence-corrected chi connectivity index (χ2v) is 6.35. The molecule has 100 valence electrons. The molecule has 2 heteroatoms. The lowest BCUT2D eigenvalue weighted by Crippen LogP contribution is -2.64. The van der Waals surface area contributed by atoms with Crippen LogP contribution in [0.15, 0.2) is 0 Å². The molecule has 0 spiro atoms. The fraction of sp³-hybridized carbons (Fsp3) is 1.00. The number of rotatable bonds is 4. The minimum Gasteiger partial charge on any atom is -0.378 e. The Bertz CT molecular complexity index is 233. The lowest BCUT2D eigenvalue weighted by molar-refractivity contribution is -0.134. The monoisotopic (exact) mass is 239 g/mol. The molecule has 2 bridgehead atoms. The maximum absolute atomic E-state index is 5.54. The highest BCUT2D eigenvalue weighted by atomic mass is 16.5. The van der Waals surface area contributed by atoms with Crippen LogP contribution in [-0.2, 0) is 4.74 Å². The van der Waals surface area contributed by atoms with Crippen molar-refractivity contribution in [2.75, 3.05) is 19.8 Å². The number of hydrogen-bond acceptors (Lipinski definition) is 2. The topological polar surface area (TPSA) is 12.5 Å². The summed E-state index contributed by atoms with van der Waals surface area (Å²) in [5.74, 6) is 0.866. The van der Waals surface area contributed by atoms with Gasteiger partial charge in [0.15, 0.2) is 0 Å². The fourth-order valence-electron chi connectivity index (χ4n) is 3.53. The molecule has 2 unspecified atom stereocenters. The van der Waals surface area contributed by atoms with Crippen molar-refractivity contribution in [2.24, 2.45) is 11.3 Å². The predicted octanol–water partition coefficient (Wildman–Crippen LogP) is 3.31. The third-order valence-electron chi connectivity index (χ3n) is 4.42. The lowest BCUT2D eigenvalue weighted by Gasteiger charge is -2.53. The van der Waals surface area contributed by atoms with Crippen molar-refractivity contribution >= 4 is 0 Å². The summed E-state index contributed by atoms with van der Waals surface area (Å²) in [4.78, 5) is 2.74. The molecule has 3 fully saturated rings. The summed E-state index contributed by atoms with van der Waals surface area (Å²) in [5, 5.41) is 0. The summed E-state index contributed by atoms with van der Waals surface area (Å²) in [6.07, 6.45) is 5.78. The summed E-state index contributed by atoms with van der Waals surface area (Å²) in [5.41, 5.74) is 0.711. The van der Waals surface area contributed by atoms with Crippen LogP contribution in [0.1, 0.15) is 53.4 Å². The van der Waals surface area contributed by atoms with Gasteiger partial charge in [-0.2, -0.15) is 0 Å². The van der Waals surface area contributed by atoms with Gasteiger partial charge in [-0.25, -0.2) is 0 Å². The van der Waals surface area contributed by atoms with E-state index in [1.807, 2.05) is 13.8 Å². The van der Waals surface area contributed by atoms with Gasteiger partial charge in [0.05, 0.1) is 13.2 Å². The molecule has 0 N–H and O–H groups in total. The van der Waals surface area contributed by atoms with Crippen molar-refractivity contribution in [1.82, 2.24) is 4.90 Å². The van der Waals surface area contributed by atoms with Crippen LogP contribution in [0.4, 0.5) is 0 Å². The van der Waals surface area contributed by atoms with E-state index in [1.54, 1.807) is 0 Å². The zero-order valence-electron chi connectivity index (χ0n) is 12.0. The number of fused-ring (bicyclic) bond motifs is 2. The zero-order valence-corrected chi connectivity index (χ0v) is 12.0. The molecule has 0 radical (unpaired) electrons. The van der Waals surface area contributed by atoms with Crippen molar-refractivity contribution in [3.05, 3.63) is 0 Å². The Hall–Kier alpha value is -0.0800. The van der Waals surface area contributed by atoms with Gasteiger partial charge in [0.1, 0.15) is 0 Å². The maximum Gasteiger partial charge on any atom is 0.0623 e. The number of hydrogen-bond donors (Lipinski definition) is 0. The SMILES string of the molecule is CC.CC(C)CC1(CN2C3COCC2C3)CC1. The van der Waals surface area contributed by atoms with Crippen LogP contribution in [0.5, 0.6) is 0 Å². The molecule has 2 heterocycles. The van der Waals surface area contributed by atoms with Gasteiger partial charge in [-0.1, -0.05) is 27.7 Å². The number of morpholine rings is 1. The molecular weight excluding hydrogens is 210 g/mol. The Morgan fingerprint density at radius 1 is 1.18 bits per heavy atom. The van der Waals surface area contributed by atoms with Crippen LogP contribution in [0.3, 0.4) is 0 Å². The van der Waals surface area contributed by atoms with Gasteiger partial charge in [0.25, 0.3) is 0 Å². The van der Waals surface area contributed by atoms with Gasteiger partial charge in [-0.3, -0.25) is 4.90 Å². The molecule has 2 aliphatic heterocycles. The Balaban J connectivity index is 0.000000514. The Morgan fingerprint density at radius 2 is 1.76 bits per heavy atom. The minimum absolute atomic E-state index is 0.711. The molecule has 2 atom stereocenters. The van der Waals surface area contributed by atoms with E-state index in [-0.39, 0.29) is 0 Å². The van der Waals surface area contributed by atoms with Crippen molar-refractivity contribution in [2.45, 2.75) is 65.5 Å². The van der Waals surface area contributed by atoms with E-state index < -0.39 is 0 Å². The van der Waals surface area contributed by atoms with Crippen molar-refractivity contribution in [3.63, 3.8) is 0 Å². The second-order valence-electron chi connectivity index (χ2n) is 6.35. The molecular formula is C15H29NO. The Morgan fingerprint density at radius 3 is 2.18 bits per heavy atom. The van der Waals surface area contributed by atoms with Crippen LogP contribution in [0.2, 0.25) is 0 Å². The van der Waals surface area contributed by atoms with E-state index in [0.717, 1.165) is 31.2 Å². The van der Waals surface area contributed by atoms with E-state index >= 15 is 0 Å². The van der Waals surface area contributed by atoms with E-state index in [4.69, 9.17) is 4.74 Å². The molecule has 2 saturated heterocycles. The smallest absolute Gasteiger partial charge is 0.0623 e. The van der Waals surface area contributed by atoms with Gasteiger partial charge in [0.2, 0.25) is 0 Å². The Labute approximate surface area is 107 Å². The van der Waals surface area contributed by atoms with Gasteiger partial charge >= 0.3 is 0 Å². The number of nitrogens with zero attached hydrogens (tertiary/aromatic N) is 1. The lowest BCUT2D eigenvalue weighted by atomic mass is 9.86. The summed E-state index contributed by atoms with van der Waals surface area (Å²) in [6, 6.07) is 1.54. The van der Waals surface area contributed by atoms with Crippen LogP contribution in [0.25, 0.3) is 0 Å². The molecule has 2 nitrogen and oxygen atoms in total. The van der Waals surface area contributed by atoms with Crippen molar-refractivity contribution in [1.29, 1.82) is 0 Å². The van der Waals surface area contributed by atoms with Crippen LogP contribution in [-0.4, -0.2) is 36.7 Å². The molecule has 3 rings (SSSR count). The maximum atomic E-state index is 5.54. The summed E-state index contributed by atoms with van der Waals surface area (Å²) < 4.78 is 5.54. The quantitative estimate of drug-likeness (QED) is 0.746. The van der Waals surface area contributed by atoms with E-state index in [1.165, 1.54) is 32.2 Å². The van der Waals surface area contributed by atoms with Crippen LogP contribution >= 0.6 is 0 Å². The molecule has 3 aliphatic rings.